The van der Waals surface area contributed by atoms with Crippen LogP contribution in [0, 0.1) is 13.8 Å². The van der Waals surface area contributed by atoms with Crippen LogP contribution >= 0.6 is 11.3 Å². The monoisotopic (exact) mass is 439 g/mol. The summed E-state index contributed by atoms with van der Waals surface area (Å²) in [5.41, 5.74) is 6.59. The van der Waals surface area contributed by atoms with Gasteiger partial charge in [-0.2, -0.15) is 5.10 Å². The van der Waals surface area contributed by atoms with E-state index < -0.39 is 0 Å². The van der Waals surface area contributed by atoms with Gasteiger partial charge in [0.1, 0.15) is 11.5 Å². The first-order valence-electron chi connectivity index (χ1n) is 9.80. The quantitative estimate of drug-likeness (QED) is 0.288. The summed E-state index contributed by atoms with van der Waals surface area (Å²) in [4.78, 5) is 16.7. The predicted octanol–water partition coefficient (Wildman–Crippen LogP) is 4.97. The van der Waals surface area contributed by atoms with Crippen molar-refractivity contribution in [1.82, 2.24) is 4.98 Å². The summed E-state index contributed by atoms with van der Waals surface area (Å²) in [6, 6.07) is 13.7. The molecule has 3 aromatic rings. The Morgan fingerprint density at radius 3 is 2.74 bits per heavy atom. The molecule has 0 fully saturated rings. The maximum atomic E-state index is 11.9. The fourth-order valence-corrected chi connectivity index (χ4v) is 3.61. The van der Waals surface area contributed by atoms with Crippen molar-refractivity contribution in [3.8, 4) is 11.5 Å². The fraction of sp³-hybridized carbons (Fsp3) is 0.261. The molecule has 0 amide bonds. The molecule has 0 aliphatic carbocycles. The highest BCUT2D eigenvalue weighted by Gasteiger charge is 2.16. The third-order valence-corrected chi connectivity index (χ3v) is 5.51. The number of nitrogens with one attached hydrogen (secondary N) is 1. The van der Waals surface area contributed by atoms with E-state index >= 15 is 0 Å². The zero-order valence-corrected chi connectivity index (χ0v) is 18.8. The van der Waals surface area contributed by atoms with Crippen molar-refractivity contribution in [3.63, 3.8) is 0 Å². The van der Waals surface area contributed by atoms with Crippen molar-refractivity contribution in [2.75, 3.05) is 19.1 Å². The summed E-state index contributed by atoms with van der Waals surface area (Å²) in [6.07, 6.45) is 1.65. The Balaban J connectivity index is 1.64. The first-order valence-corrected chi connectivity index (χ1v) is 10.6. The summed E-state index contributed by atoms with van der Waals surface area (Å²) in [5.74, 6) is 0.901. The van der Waals surface area contributed by atoms with E-state index in [4.69, 9.17) is 14.2 Å². The van der Waals surface area contributed by atoms with Crippen LogP contribution in [0.1, 0.15) is 39.0 Å². The Hall–Kier alpha value is -3.39. The number of esters is 1. The minimum Gasteiger partial charge on any atom is -0.493 e. The van der Waals surface area contributed by atoms with Crippen molar-refractivity contribution >= 4 is 28.7 Å². The molecule has 2 aromatic carbocycles. The van der Waals surface area contributed by atoms with Crippen molar-refractivity contribution in [3.05, 3.63) is 69.7 Å². The number of ether oxygens (including phenoxy) is 3. The summed E-state index contributed by atoms with van der Waals surface area (Å²) in [5, 5.41) is 4.72. The zero-order chi connectivity index (χ0) is 22.2. The molecule has 0 radical (unpaired) electrons. The molecule has 8 heteroatoms. The van der Waals surface area contributed by atoms with Crippen molar-refractivity contribution in [2.24, 2.45) is 5.10 Å². The normalized spacial score (nSPS) is 10.8. The van der Waals surface area contributed by atoms with Crippen molar-refractivity contribution < 1.29 is 19.0 Å². The van der Waals surface area contributed by atoms with E-state index in [9.17, 15) is 4.79 Å². The Bertz CT molecular complexity index is 1080. The van der Waals surface area contributed by atoms with Crippen LogP contribution < -0.4 is 14.9 Å². The molecule has 7 nitrogen and oxygen atoms in total. The van der Waals surface area contributed by atoms with Gasteiger partial charge in [0.15, 0.2) is 11.5 Å². The van der Waals surface area contributed by atoms with Gasteiger partial charge in [-0.3, -0.25) is 5.43 Å². The number of hydrogen-bond acceptors (Lipinski definition) is 8. The van der Waals surface area contributed by atoms with Gasteiger partial charge in [0, 0.05) is 0 Å². The van der Waals surface area contributed by atoms with Crippen LogP contribution in [-0.4, -0.2) is 30.9 Å². The molecule has 0 saturated carbocycles. The number of nitrogens with zero attached hydrogens (tertiary/aromatic N) is 2. The highest BCUT2D eigenvalue weighted by atomic mass is 32.1. The van der Waals surface area contributed by atoms with Crippen LogP contribution in [-0.2, 0) is 11.3 Å². The molecule has 0 aliphatic rings. The molecule has 0 unspecified atom stereocenters. The molecule has 0 atom stereocenters. The van der Waals surface area contributed by atoms with Gasteiger partial charge in [-0.15, -0.1) is 0 Å². The van der Waals surface area contributed by atoms with Crippen LogP contribution in [0.3, 0.4) is 0 Å². The molecule has 0 saturated heterocycles. The molecule has 0 spiro atoms. The lowest BCUT2D eigenvalue weighted by Crippen LogP contribution is -2.03. The summed E-state index contributed by atoms with van der Waals surface area (Å²) < 4.78 is 16.4. The van der Waals surface area contributed by atoms with E-state index in [1.54, 1.807) is 27.2 Å². The third-order valence-electron chi connectivity index (χ3n) is 4.46. The number of rotatable bonds is 9. The molecule has 0 bridgehead atoms. The molecule has 1 N–H and O–H groups in total. The predicted molar refractivity (Wildman–Crippen MR) is 123 cm³/mol. The van der Waals surface area contributed by atoms with Crippen molar-refractivity contribution in [2.45, 2.75) is 27.4 Å². The second-order valence-electron chi connectivity index (χ2n) is 6.65. The second kappa shape index (κ2) is 10.6. The summed E-state index contributed by atoms with van der Waals surface area (Å²) in [7, 11) is 1.60. The van der Waals surface area contributed by atoms with Crippen LogP contribution in [0.25, 0.3) is 0 Å². The average Bonchev–Trinajstić information content (AvgIpc) is 3.14. The van der Waals surface area contributed by atoms with E-state index in [2.05, 4.69) is 28.5 Å². The number of aryl methyl sites for hydroxylation is 2. The first kappa shape index (κ1) is 22.3. The Labute approximate surface area is 185 Å². The van der Waals surface area contributed by atoms with Gasteiger partial charge in [-0.05, 0) is 55.7 Å². The first-order chi connectivity index (χ1) is 15.0. The van der Waals surface area contributed by atoms with Gasteiger partial charge >= 0.3 is 5.97 Å². The minimum atomic E-state index is -0.374. The average molecular weight is 440 g/mol. The lowest BCUT2D eigenvalue weighted by atomic mass is 10.1. The topological polar surface area (TPSA) is 82.0 Å². The van der Waals surface area contributed by atoms with Gasteiger partial charge in [-0.1, -0.05) is 35.6 Å². The molecule has 3 rings (SSSR count). The van der Waals surface area contributed by atoms with Crippen LogP contribution in [0.5, 0.6) is 11.5 Å². The van der Waals surface area contributed by atoms with Gasteiger partial charge in [0.2, 0.25) is 5.13 Å². The third kappa shape index (κ3) is 5.82. The Morgan fingerprint density at radius 2 is 2.00 bits per heavy atom. The molecule has 31 heavy (non-hydrogen) atoms. The van der Waals surface area contributed by atoms with E-state index in [1.165, 1.54) is 16.9 Å². The number of methoxy groups -OCH3 is 1. The molecule has 1 heterocycles. The highest BCUT2D eigenvalue weighted by Crippen LogP contribution is 2.29. The van der Waals surface area contributed by atoms with Gasteiger partial charge in [0.25, 0.3) is 0 Å². The van der Waals surface area contributed by atoms with E-state index in [-0.39, 0.29) is 5.97 Å². The lowest BCUT2D eigenvalue weighted by Gasteiger charge is -2.12. The maximum Gasteiger partial charge on any atom is 0.350 e. The van der Waals surface area contributed by atoms with E-state index in [0.717, 1.165) is 11.1 Å². The summed E-state index contributed by atoms with van der Waals surface area (Å²) in [6.45, 7) is 6.37. The number of thiazole rings is 1. The zero-order valence-electron chi connectivity index (χ0n) is 18.0. The van der Waals surface area contributed by atoms with E-state index in [1.807, 2.05) is 36.4 Å². The fourth-order valence-electron chi connectivity index (χ4n) is 2.80. The smallest absolute Gasteiger partial charge is 0.350 e. The van der Waals surface area contributed by atoms with E-state index in [0.29, 0.717) is 40.4 Å². The largest absolute Gasteiger partial charge is 0.493 e. The van der Waals surface area contributed by atoms with Crippen LogP contribution in [0.4, 0.5) is 5.13 Å². The molecular weight excluding hydrogens is 414 g/mol. The Kier molecular flexibility index (Phi) is 7.61. The molecule has 0 aliphatic heterocycles. The standard InChI is InChI=1S/C23H25N3O4S/c1-5-29-22(27)21-16(3)25-23(31-21)26-24-13-17-10-11-19(20(12-17)28-4)30-14-18-9-7-6-8-15(18)2/h6-13H,5,14H2,1-4H3,(H,25,26)/b24-13-. The van der Waals surface area contributed by atoms with Crippen LogP contribution in [0.2, 0.25) is 0 Å². The number of hydrazone groups is 1. The number of carbonyl (C=O) groups is 1. The maximum absolute atomic E-state index is 11.9. The number of benzene rings is 2. The van der Waals surface area contributed by atoms with Crippen LogP contribution in [0.15, 0.2) is 47.6 Å². The number of carbonyl (C=O) groups excluding carboxylic acids is 1. The number of aromatic nitrogens is 1. The minimum absolute atomic E-state index is 0.323. The van der Waals surface area contributed by atoms with Gasteiger partial charge < -0.3 is 14.2 Å². The SMILES string of the molecule is CCOC(=O)c1sc(N/N=C\c2ccc(OCc3ccccc3C)c(OC)c2)nc1C. The van der Waals surface area contributed by atoms with Gasteiger partial charge in [-0.25, -0.2) is 9.78 Å². The molecule has 1 aromatic heterocycles. The Morgan fingerprint density at radius 1 is 1.19 bits per heavy atom. The van der Waals surface area contributed by atoms with Crippen molar-refractivity contribution in [1.29, 1.82) is 0 Å². The lowest BCUT2D eigenvalue weighted by molar-refractivity contribution is 0.0531. The second-order valence-corrected chi connectivity index (χ2v) is 7.65. The molecular formula is C23H25N3O4S. The van der Waals surface area contributed by atoms with Gasteiger partial charge in [0.05, 0.1) is 25.6 Å². The number of anilines is 1. The highest BCUT2D eigenvalue weighted by molar-refractivity contribution is 7.17. The molecule has 162 valence electrons. The number of hydrogen-bond donors (Lipinski definition) is 1. The summed E-state index contributed by atoms with van der Waals surface area (Å²) >= 11 is 1.20.